The SMILES string of the molecule is CCCCCC/C(=C\CCCCCCCC(=O)OC)[N+](=O)[O-]. The highest BCUT2D eigenvalue weighted by Gasteiger charge is 2.09. The summed E-state index contributed by atoms with van der Waals surface area (Å²) < 4.78 is 4.58. The number of nitrogens with zero attached hydrogens (tertiary/aromatic N) is 1. The third-order valence-electron chi connectivity index (χ3n) is 3.71. The predicted octanol–water partition coefficient (Wildman–Crippen LogP) is 5.02. The fourth-order valence-electron chi connectivity index (χ4n) is 2.32. The van der Waals surface area contributed by atoms with Crippen LogP contribution in [-0.2, 0) is 9.53 Å². The number of hydrogen-bond acceptors (Lipinski definition) is 4. The molecule has 0 heterocycles. The van der Waals surface area contributed by atoms with Crippen molar-refractivity contribution in [2.24, 2.45) is 0 Å². The van der Waals surface area contributed by atoms with Crippen molar-refractivity contribution in [3.8, 4) is 0 Å². The Bertz CT molecular complexity index is 340. The van der Waals surface area contributed by atoms with E-state index in [-0.39, 0.29) is 10.9 Å². The Balaban J connectivity index is 3.68. The van der Waals surface area contributed by atoms with Gasteiger partial charge in [-0.2, -0.15) is 0 Å². The van der Waals surface area contributed by atoms with Gasteiger partial charge in [-0.25, -0.2) is 0 Å². The highest BCUT2D eigenvalue weighted by atomic mass is 16.6. The lowest BCUT2D eigenvalue weighted by molar-refractivity contribution is -0.428. The van der Waals surface area contributed by atoms with Gasteiger partial charge in [-0.05, 0) is 31.8 Å². The second kappa shape index (κ2) is 14.5. The van der Waals surface area contributed by atoms with Crippen LogP contribution in [0.25, 0.3) is 0 Å². The summed E-state index contributed by atoms with van der Waals surface area (Å²) in [5, 5.41) is 11.0. The molecule has 0 unspecified atom stereocenters. The molecule has 0 saturated carbocycles. The Hall–Kier alpha value is -1.39. The molecule has 0 saturated heterocycles. The summed E-state index contributed by atoms with van der Waals surface area (Å²) in [5.74, 6) is -0.151. The van der Waals surface area contributed by atoms with Crippen molar-refractivity contribution in [2.75, 3.05) is 7.11 Å². The van der Waals surface area contributed by atoms with E-state index in [9.17, 15) is 14.9 Å². The molecule has 0 bridgehead atoms. The van der Waals surface area contributed by atoms with Crippen molar-refractivity contribution in [2.45, 2.75) is 84.0 Å². The van der Waals surface area contributed by atoms with Crippen LogP contribution < -0.4 is 0 Å². The molecular formula is C17H31NO4. The van der Waals surface area contributed by atoms with Crippen LogP contribution in [-0.4, -0.2) is 18.0 Å². The number of ether oxygens (including phenoxy) is 1. The number of allylic oxidation sites excluding steroid dienone is 2. The van der Waals surface area contributed by atoms with E-state index in [1.165, 1.54) is 7.11 Å². The second-order valence-corrected chi connectivity index (χ2v) is 5.65. The van der Waals surface area contributed by atoms with Gasteiger partial charge in [0.2, 0.25) is 5.70 Å². The highest BCUT2D eigenvalue weighted by Crippen LogP contribution is 2.14. The maximum Gasteiger partial charge on any atom is 0.305 e. The molecule has 0 aliphatic heterocycles. The molecule has 0 aromatic heterocycles. The van der Waals surface area contributed by atoms with Gasteiger partial charge in [0.1, 0.15) is 0 Å². The monoisotopic (exact) mass is 313 g/mol. The van der Waals surface area contributed by atoms with Gasteiger partial charge < -0.3 is 4.74 Å². The molecule has 0 aliphatic rings. The maximum atomic E-state index is 11.0. The van der Waals surface area contributed by atoms with Gasteiger partial charge in [0.25, 0.3) is 0 Å². The Kier molecular flexibility index (Phi) is 13.6. The minimum atomic E-state index is -0.234. The Morgan fingerprint density at radius 3 is 2.23 bits per heavy atom. The molecule has 0 aliphatic carbocycles. The van der Waals surface area contributed by atoms with Gasteiger partial charge in [-0.1, -0.05) is 45.4 Å². The number of carbonyl (C=O) groups excluding carboxylic acids is 1. The fourth-order valence-corrected chi connectivity index (χ4v) is 2.32. The first-order valence-corrected chi connectivity index (χ1v) is 8.52. The number of rotatable bonds is 14. The molecule has 0 radical (unpaired) electrons. The number of methoxy groups -OCH3 is 1. The standard InChI is InChI=1S/C17H31NO4/c1-3-4-5-10-13-16(18(20)21)14-11-8-6-7-9-12-15-17(19)22-2/h14H,3-13,15H2,1-2H3/b16-14+. The first-order chi connectivity index (χ1) is 10.6. The Morgan fingerprint density at radius 1 is 1.00 bits per heavy atom. The van der Waals surface area contributed by atoms with E-state index in [2.05, 4.69) is 11.7 Å². The zero-order valence-electron chi connectivity index (χ0n) is 14.1. The zero-order chi connectivity index (χ0) is 16.6. The van der Waals surface area contributed by atoms with Crippen LogP contribution in [0.3, 0.4) is 0 Å². The van der Waals surface area contributed by atoms with E-state index in [4.69, 9.17) is 0 Å². The zero-order valence-corrected chi connectivity index (χ0v) is 14.1. The first kappa shape index (κ1) is 20.6. The fraction of sp³-hybridized carbons (Fsp3) is 0.824. The smallest absolute Gasteiger partial charge is 0.305 e. The second-order valence-electron chi connectivity index (χ2n) is 5.65. The summed E-state index contributed by atoms with van der Waals surface area (Å²) in [4.78, 5) is 21.6. The number of carbonyl (C=O) groups is 1. The number of unbranched alkanes of at least 4 members (excludes halogenated alkanes) is 8. The van der Waals surface area contributed by atoms with Crippen molar-refractivity contribution in [3.63, 3.8) is 0 Å². The molecule has 0 rings (SSSR count). The Morgan fingerprint density at radius 2 is 1.59 bits per heavy atom. The molecule has 0 atom stereocenters. The van der Waals surface area contributed by atoms with Gasteiger partial charge in [0.15, 0.2) is 0 Å². The number of nitro groups is 1. The van der Waals surface area contributed by atoms with Crippen molar-refractivity contribution >= 4 is 5.97 Å². The third kappa shape index (κ3) is 12.4. The van der Waals surface area contributed by atoms with E-state index < -0.39 is 0 Å². The largest absolute Gasteiger partial charge is 0.469 e. The van der Waals surface area contributed by atoms with Crippen LogP contribution in [0.15, 0.2) is 11.8 Å². The van der Waals surface area contributed by atoms with Crippen LogP contribution in [0.1, 0.15) is 84.0 Å². The lowest BCUT2D eigenvalue weighted by Crippen LogP contribution is -1.99. The third-order valence-corrected chi connectivity index (χ3v) is 3.71. The van der Waals surface area contributed by atoms with Gasteiger partial charge in [0.05, 0.1) is 12.0 Å². The minimum absolute atomic E-state index is 0.151. The molecule has 0 spiro atoms. The normalized spacial score (nSPS) is 11.5. The molecular weight excluding hydrogens is 282 g/mol. The lowest BCUT2D eigenvalue weighted by Gasteiger charge is -2.01. The summed E-state index contributed by atoms with van der Waals surface area (Å²) in [5.41, 5.74) is 0.377. The molecule has 128 valence electrons. The molecule has 22 heavy (non-hydrogen) atoms. The topological polar surface area (TPSA) is 69.4 Å². The van der Waals surface area contributed by atoms with Crippen molar-refractivity contribution in [1.82, 2.24) is 0 Å². The molecule has 0 aromatic carbocycles. The van der Waals surface area contributed by atoms with Crippen molar-refractivity contribution in [1.29, 1.82) is 0 Å². The molecule has 0 fully saturated rings. The molecule has 5 nitrogen and oxygen atoms in total. The van der Waals surface area contributed by atoms with E-state index in [1.807, 2.05) is 0 Å². The lowest BCUT2D eigenvalue weighted by atomic mass is 10.1. The quantitative estimate of drug-likeness (QED) is 0.195. The van der Waals surface area contributed by atoms with Crippen LogP contribution in [0.4, 0.5) is 0 Å². The number of hydrogen-bond donors (Lipinski definition) is 0. The van der Waals surface area contributed by atoms with E-state index in [1.54, 1.807) is 6.08 Å². The first-order valence-electron chi connectivity index (χ1n) is 8.52. The summed E-state index contributed by atoms with van der Waals surface area (Å²) >= 11 is 0. The molecule has 0 aromatic rings. The van der Waals surface area contributed by atoms with E-state index in [0.29, 0.717) is 18.5 Å². The van der Waals surface area contributed by atoms with Crippen LogP contribution in [0, 0.1) is 10.1 Å². The van der Waals surface area contributed by atoms with Gasteiger partial charge in [-0.15, -0.1) is 0 Å². The summed E-state index contributed by atoms with van der Waals surface area (Å²) in [7, 11) is 1.41. The van der Waals surface area contributed by atoms with E-state index >= 15 is 0 Å². The average Bonchev–Trinajstić information content (AvgIpc) is 2.51. The van der Waals surface area contributed by atoms with Crippen molar-refractivity contribution in [3.05, 3.63) is 21.9 Å². The summed E-state index contributed by atoms with van der Waals surface area (Å²) in [6.07, 6.45) is 12.9. The molecule has 0 amide bonds. The average molecular weight is 313 g/mol. The summed E-state index contributed by atoms with van der Waals surface area (Å²) in [6, 6.07) is 0. The molecule has 5 heteroatoms. The van der Waals surface area contributed by atoms with Gasteiger partial charge >= 0.3 is 5.97 Å². The predicted molar refractivity (Wildman–Crippen MR) is 88.2 cm³/mol. The van der Waals surface area contributed by atoms with Gasteiger partial charge in [0, 0.05) is 12.8 Å². The van der Waals surface area contributed by atoms with Crippen LogP contribution >= 0.6 is 0 Å². The summed E-state index contributed by atoms with van der Waals surface area (Å²) in [6.45, 7) is 2.13. The maximum absolute atomic E-state index is 11.0. The highest BCUT2D eigenvalue weighted by molar-refractivity contribution is 5.68. The molecule has 0 N–H and O–H groups in total. The van der Waals surface area contributed by atoms with Crippen LogP contribution in [0.2, 0.25) is 0 Å². The number of esters is 1. The Labute approximate surface area is 134 Å². The van der Waals surface area contributed by atoms with Gasteiger partial charge in [-0.3, -0.25) is 14.9 Å². The van der Waals surface area contributed by atoms with Crippen LogP contribution in [0.5, 0.6) is 0 Å². The van der Waals surface area contributed by atoms with E-state index in [0.717, 1.165) is 64.2 Å². The minimum Gasteiger partial charge on any atom is -0.469 e. The van der Waals surface area contributed by atoms with Crippen molar-refractivity contribution < 1.29 is 14.5 Å².